The van der Waals surface area contributed by atoms with Gasteiger partial charge in [0.2, 0.25) is 11.7 Å². The Labute approximate surface area is 260 Å². The second kappa shape index (κ2) is 13.5. The van der Waals surface area contributed by atoms with E-state index < -0.39 is 12.1 Å². The maximum Gasteiger partial charge on any atom is 0.490 e. The van der Waals surface area contributed by atoms with E-state index in [2.05, 4.69) is 10.1 Å². The second-order valence-electron chi connectivity index (χ2n) is 10.4. The van der Waals surface area contributed by atoms with Crippen LogP contribution in [0, 0.1) is 5.41 Å². The largest absolute Gasteiger partial charge is 0.490 e. The zero-order valence-electron chi connectivity index (χ0n) is 24.2. The van der Waals surface area contributed by atoms with Crippen molar-refractivity contribution in [2.75, 3.05) is 13.2 Å². The van der Waals surface area contributed by atoms with Gasteiger partial charge in [-0.1, -0.05) is 78.0 Å². The lowest BCUT2D eigenvalue weighted by atomic mass is 10.0. The van der Waals surface area contributed by atoms with Crippen molar-refractivity contribution >= 4 is 28.5 Å². The van der Waals surface area contributed by atoms with Gasteiger partial charge < -0.3 is 25.0 Å². The Hall–Kier alpha value is -5.72. The van der Waals surface area contributed by atoms with Gasteiger partial charge in [-0.15, -0.1) is 0 Å². The number of halogens is 3. The normalized spacial score (nSPS) is 14.4. The van der Waals surface area contributed by atoms with Crippen molar-refractivity contribution in [2.45, 2.75) is 25.1 Å². The van der Waals surface area contributed by atoms with Crippen molar-refractivity contribution in [1.82, 2.24) is 15.0 Å². The number of aromatic nitrogens is 2. The van der Waals surface area contributed by atoms with E-state index in [1.807, 2.05) is 91.0 Å². The van der Waals surface area contributed by atoms with Crippen molar-refractivity contribution in [3.05, 3.63) is 102 Å². The molecule has 1 saturated heterocycles. The zero-order chi connectivity index (χ0) is 32.8. The third-order valence-electron chi connectivity index (χ3n) is 7.29. The average molecular weight is 632 g/mol. The van der Waals surface area contributed by atoms with Gasteiger partial charge in [-0.2, -0.15) is 18.2 Å². The molecule has 46 heavy (non-hydrogen) atoms. The molecule has 0 aliphatic carbocycles. The third kappa shape index (κ3) is 7.49. The standard InChI is InChI=1S/C31H27N5O3.C2HF3O2/c32-31(33)36-16-4-7-27(36)30-34-29(35-39-30)25-13-12-24-18-26(15-14-23(24)17-25)38-19-28(37)22-10-8-21(9-11-22)20-5-2-1-3-6-20;3-2(4,5)1(6)7/h1-3,5-6,8-15,17-18,27H,4,7,16,19H2,(H3,32,33);(H,6,7)/t27-;/m0./s1. The monoisotopic (exact) mass is 631 g/mol. The number of likely N-dealkylation sites (tertiary alicyclic amines) is 1. The molecule has 0 amide bonds. The molecule has 0 saturated carbocycles. The number of Topliss-reactive ketones (excluding diaryl/α,β-unsaturated/α-hetero) is 1. The van der Waals surface area contributed by atoms with Gasteiger partial charge in [-0.25, -0.2) is 4.79 Å². The number of hydrogen-bond acceptors (Lipinski definition) is 7. The lowest BCUT2D eigenvalue weighted by Gasteiger charge is -2.21. The number of benzene rings is 4. The fraction of sp³-hybridized carbons (Fsp3) is 0.182. The van der Waals surface area contributed by atoms with Crippen LogP contribution in [0.5, 0.6) is 5.75 Å². The summed E-state index contributed by atoms with van der Waals surface area (Å²) < 4.78 is 43.1. The van der Waals surface area contributed by atoms with Crippen LogP contribution in [0.25, 0.3) is 33.3 Å². The number of carboxylic acid groups (broad SMARTS) is 1. The fourth-order valence-corrected chi connectivity index (χ4v) is 4.96. The molecule has 2 heterocycles. The van der Waals surface area contributed by atoms with Crippen molar-refractivity contribution < 1.29 is 37.1 Å². The first-order chi connectivity index (χ1) is 22.0. The predicted molar refractivity (Wildman–Crippen MR) is 163 cm³/mol. The summed E-state index contributed by atoms with van der Waals surface area (Å²) in [5.41, 5.74) is 9.32. The summed E-state index contributed by atoms with van der Waals surface area (Å²) in [5.74, 6) is -1.23. The molecule has 236 valence electrons. The van der Waals surface area contributed by atoms with Crippen LogP contribution >= 0.6 is 0 Å². The Kier molecular flexibility index (Phi) is 9.31. The van der Waals surface area contributed by atoms with Crippen LogP contribution in [0.15, 0.2) is 95.5 Å². The summed E-state index contributed by atoms with van der Waals surface area (Å²) in [6, 6.07) is 29.1. The van der Waals surface area contributed by atoms with E-state index in [-0.39, 0.29) is 24.4 Å². The number of nitrogens with zero attached hydrogens (tertiary/aromatic N) is 3. The van der Waals surface area contributed by atoms with Gasteiger partial charge in [0, 0.05) is 17.7 Å². The van der Waals surface area contributed by atoms with Gasteiger partial charge in [-0.3, -0.25) is 10.2 Å². The van der Waals surface area contributed by atoms with Crippen LogP contribution < -0.4 is 10.5 Å². The van der Waals surface area contributed by atoms with Crippen LogP contribution in [-0.2, 0) is 4.79 Å². The van der Waals surface area contributed by atoms with Gasteiger partial charge in [0.15, 0.2) is 18.3 Å². The number of alkyl halides is 3. The molecule has 1 fully saturated rings. The Morgan fingerprint density at radius 1 is 0.957 bits per heavy atom. The third-order valence-corrected chi connectivity index (χ3v) is 7.29. The second-order valence-corrected chi connectivity index (χ2v) is 10.4. The molecule has 6 rings (SSSR count). The molecule has 1 aliphatic heterocycles. The Morgan fingerprint density at radius 3 is 2.26 bits per heavy atom. The first-order valence-corrected chi connectivity index (χ1v) is 14.1. The number of guanidine groups is 1. The minimum atomic E-state index is -5.08. The summed E-state index contributed by atoms with van der Waals surface area (Å²) in [6.45, 7) is 0.669. The van der Waals surface area contributed by atoms with Crippen molar-refractivity contribution in [1.29, 1.82) is 5.41 Å². The number of fused-ring (bicyclic) bond motifs is 1. The first-order valence-electron chi connectivity index (χ1n) is 14.1. The molecular weight excluding hydrogens is 603 g/mol. The Bertz CT molecular complexity index is 1860. The molecule has 0 radical (unpaired) electrons. The van der Waals surface area contributed by atoms with Crippen LogP contribution in [0.1, 0.15) is 35.1 Å². The summed E-state index contributed by atoms with van der Waals surface area (Å²) in [5, 5.41) is 21.0. The summed E-state index contributed by atoms with van der Waals surface area (Å²) in [4.78, 5) is 28.0. The maximum absolute atomic E-state index is 12.7. The number of ether oxygens (including phenoxy) is 1. The topological polar surface area (TPSA) is 156 Å². The lowest BCUT2D eigenvalue weighted by Crippen LogP contribution is -2.35. The zero-order valence-corrected chi connectivity index (χ0v) is 24.2. The summed E-state index contributed by atoms with van der Waals surface area (Å²) in [7, 11) is 0. The van der Waals surface area contributed by atoms with E-state index in [0.717, 1.165) is 40.3 Å². The predicted octanol–water partition coefficient (Wildman–Crippen LogP) is 6.48. The lowest BCUT2D eigenvalue weighted by molar-refractivity contribution is -0.192. The maximum atomic E-state index is 12.7. The van der Waals surface area contributed by atoms with Crippen molar-refractivity contribution in [3.63, 3.8) is 0 Å². The molecule has 0 spiro atoms. The molecule has 1 aliphatic rings. The average Bonchev–Trinajstić information content (AvgIpc) is 3.74. The SMILES string of the molecule is N=C(N)N1CCC[C@H]1c1nc(-c2ccc3cc(OCC(=O)c4ccc(-c5ccccc5)cc4)ccc3c2)no1.O=C(O)C(F)(F)F. The smallest absolute Gasteiger partial charge is 0.485 e. The van der Waals surface area contributed by atoms with Crippen LogP contribution in [0.4, 0.5) is 13.2 Å². The molecule has 4 N–H and O–H groups in total. The molecule has 5 aromatic rings. The first kappa shape index (κ1) is 31.7. The van der Waals surface area contributed by atoms with E-state index in [0.29, 0.717) is 29.6 Å². The minimum absolute atomic E-state index is 0.0173. The highest BCUT2D eigenvalue weighted by Crippen LogP contribution is 2.32. The van der Waals surface area contributed by atoms with Gasteiger partial charge in [0.1, 0.15) is 11.8 Å². The highest BCUT2D eigenvalue weighted by atomic mass is 19.4. The number of nitrogens with one attached hydrogen (secondary N) is 1. The molecule has 0 bridgehead atoms. The van der Waals surface area contributed by atoms with Crippen molar-refractivity contribution in [2.24, 2.45) is 5.73 Å². The number of aliphatic carboxylic acids is 1. The minimum Gasteiger partial charge on any atom is -0.485 e. The molecule has 10 nitrogen and oxygen atoms in total. The van der Waals surface area contributed by atoms with Crippen LogP contribution in [0.3, 0.4) is 0 Å². The summed E-state index contributed by atoms with van der Waals surface area (Å²) >= 11 is 0. The quantitative estimate of drug-likeness (QED) is 0.104. The van der Waals surface area contributed by atoms with E-state index in [4.69, 9.17) is 30.3 Å². The molecule has 1 aromatic heterocycles. The van der Waals surface area contributed by atoms with E-state index in [1.165, 1.54) is 0 Å². The molecular formula is C33H28F3N5O5. The molecule has 4 aromatic carbocycles. The number of nitrogens with two attached hydrogens (primary N) is 1. The molecule has 0 unspecified atom stereocenters. The van der Waals surface area contributed by atoms with Gasteiger partial charge in [0.05, 0.1) is 0 Å². The number of hydrogen-bond donors (Lipinski definition) is 3. The van der Waals surface area contributed by atoms with E-state index >= 15 is 0 Å². The number of carboxylic acids is 1. The number of rotatable bonds is 7. The highest BCUT2D eigenvalue weighted by Gasteiger charge is 2.38. The fourth-order valence-electron chi connectivity index (χ4n) is 4.96. The Morgan fingerprint density at radius 2 is 1.59 bits per heavy atom. The van der Waals surface area contributed by atoms with E-state index in [1.54, 1.807) is 4.90 Å². The molecule has 13 heteroatoms. The van der Waals surface area contributed by atoms with Crippen LogP contribution in [-0.4, -0.2) is 57.2 Å². The van der Waals surface area contributed by atoms with Gasteiger partial charge in [-0.05, 0) is 52.9 Å². The molecule has 1 atom stereocenters. The number of carbonyl (C=O) groups excluding carboxylic acids is 1. The van der Waals surface area contributed by atoms with Crippen LogP contribution in [0.2, 0.25) is 0 Å². The van der Waals surface area contributed by atoms with E-state index in [9.17, 15) is 18.0 Å². The number of ketones is 1. The number of carbonyl (C=O) groups is 2. The van der Waals surface area contributed by atoms with Crippen molar-refractivity contribution in [3.8, 4) is 28.3 Å². The highest BCUT2D eigenvalue weighted by molar-refractivity contribution is 5.97. The van der Waals surface area contributed by atoms with Gasteiger partial charge >= 0.3 is 12.1 Å². The Balaban J connectivity index is 0.000000537. The van der Waals surface area contributed by atoms with Gasteiger partial charge in [0.25, 0.3) is 0 Å². The summed E-state index contributed by atoms with van der Waals surface area (Å²) in [6.07, 6.45) is -3.34.